The third-order valence-electron chi connectivity index (χ3n) is 3.01. The second kappa shape index (κ2) is 6.41. The van der Waals surface area contributed by atoms with Gasteiger partial charge in [-0.2, -0.15) is 0 Å². The highest BCUT2D eigenvalue weighted by Gasteiger charge is 2.16. The number of rotatable bonds is 5. The monoisotopic (exact) mass is 299 g/mol. The van der Waals surface area contributed by atoms with Crippen LogP contribution in [0.5, 0.6) is 0 Å². The molecule has 0 aliphatic carbocycles. The summed E-state index contributed by atoms with van der Waals surface area (Å²) in [5.74, 6) is -2.94. The normalized spacial score (nSPS) is 12.7. The quantitative estimate of drug-likeness (QED) is 0.775. The summed E-state index contributed by atoms with van der Waals surface area (Å²) in [4.78, 5) is 1.54. The van der Waals surface area contributed by atoms with Gasteiger partial charge in [0, 0.05) is 27.4 Å². The number of benzene rings is 1. The van der Waals surface area contributed by atoms with Crippen LogP contribution in [-0.4, -0.2) is 6.54 Å². The van der Waals surface area contributed by atoms with Gasteiger partial charge in [0.2, 0.25) is 0 Å². The average Bonchev–Trinajstić information content (AvgIpc) is 2.89. The van der Waals surface area contributed by atoms with Crippen LogP contribution in [0.2, 0.25) is 0 Å². The lowest BCUT2D eigenvalue weighted by Crippen LogP contribution is -2.18. The van der Waals surface area contributed by atoms with Gasteiger partial charge in [-0.25, -0.2) is 13.2 Å². The molecular formula is C15H16F3NS. The summed E-state index contributed by atoms with van der Waals surface area (Å²) < 4.78 is 40.2. The molecule has 1 unspecified atom stereocenters. The Morgan fingerprint density at radius 2 is 1.95 bits per heavy atom. The van der Waals surface area contributed by atoms with E-state index in [4.69, 9.17) is 0 Å². The molecule has 2 rings (SSSR count). The van der Waals surface area contributed by atoms with Crippen molar-refractivity contribution in [2.75, 3.05) is 6.54 Å². The molecule has 0 aliphatic heterocycles. The predicted molar refractivity (Wildman–Crippen MR) is 76.3 cm³/mol. The largest absolute Gasteiger partial charge is 0.309 e. The minimum Gasteiger partial charge on any atom is -0.309 e. The Balaban J connectivity index is 2.29. The zero-order valence-electron chi connectivity index (χ0n) is 11.3. The third kappa shape index (κ3) is 3.22. The fraction of sp³-hybridized carbons (Fsp3) is 0.333. The maximum absolute atomic E-state index is 13.7. The molecule has 2 aromatic rings. The molecule has 0 bridgehead atoms. The molecule has 0 amide bonds. The predicted octanol–water partition coefficient (Wildman–Crippen LogP) is 4.89. The van der Waals surface area contributed by atoms with Gasteiger partial charge in [-0.1, -0.05) is 6.92 Å². The fourth-order valence-electron chi connectivity index (χ4n) is 1.93. The van der Waals surface area contributed by atoms with Crippen molar-refractivity contribution >= 4 is 11.3 Å². The van der Waals surface area contributed by atoms with Crippen LogP contribution in [0.1, 0.15) is 31.2 Å². The molecule has 1 aromatic heterocycles. The van der Waals surface area contributed by atoms with Crippen LogP contribution in [-0.2, 0) is 0 Å². The summed E-state index contributed by atoms with van der Waals surface area (Å²) in [6.45, 7) is 4.97. The van der Waals surface area contributed by atoms with Crippen LogP contribution in [0, 0.1) is 17.5 Å². The Bertz CT molecular complexity index is 595. The van der Waals surface area contributed by atoms with Crippen molar-refractivity contribution in [2.24, 2.45) is 0 Å². The molecule has 1 aromatic carbocycles. The molecule has 0 saturated heterocycles. The summed E-state index contributed by atoms with van der Waals surface area (Å²) in [6.07, 6.45) is 1.02. The van der Waals surface area contributed by atoms with Crippen molar-refractivity contribution in [3.8, 4) is 10.4 Å². The first-order chi connectivity index (χ1) is 9.52. The summed E-state index contributed by atoms with van der Waals surface area (Å²) >= 11 is 1.34. The first-order valence-electron chi connectivity index (χ1n) is 6.51. The van der Waals surface area contributed by atoms with E-state index >= 15 is 0 Å². The molecular weight excluding hydrogens is 283 g/mol. The number of nitrogens with one attached hydrogen (secondary N) is 1. The average molecular weight is 299 g/mol. The van der Waals surface area contributed by atoms with Gasteiger partial charge in [-0.05, 0) is 38.1 Å². The third-order valence-corrected chi connectivity index (χ3v) is 4.31. The summed E-state index contributed by atoms with van der Waals surface area (Å²) in [5.41, 5.74) is -0.0264. The van der Waals surface area contributed by atoms with E-state index in [2.05, 4.69) is 12.2 Å². The molecule has 1 nitrogen and oxygen atoms in total. The highest BCUT2D eigenvalue weighted by Crippen LogP contribution is 2.34. The first-order valence-corrected chi connectivity index (χ1v) is 7.32. The Hall–Kier alpha value is -1.33. The molecule has 0 aliphatic rings. The van der Waals surface area contributed by atoms with Crippen molar-refractivity contribution in [1.82, 2.24) is 5.32 Å². The SMILES string of the molecule is CCCNC(C)c1ccc(-c2cc(F)cc(F)c2F)s1. The molecule has 108 valence electrons. The second-order valence-corrected chi connectivity index (χ2v) is 5.74. The molecule has 1 N–H and O–H groups in total. The lowest BCUT2D eigenvalue weighted by Gasteiger charge is -2.10. The Labute approximate surface area is 120 Å². The van der Waals surface area contributed by atoms with Crippen LogP contribution in [0.4, 0.5) is 13.2 Å². The van der Waals surface area contributed by atoms with E-state index in [1.54, 1.807) is 6.07 Å². The van der Waals surface area contributed by atoms with Gasteiger partial charge >= 0.3 is 0 Å². The van der Waals surface area contributed by atoms with Gasteiger partial charge in [0.05, 0.1) is 0 Å². The van der Waals surface area contributed by atoms with Crippen LogP contribution >= 0.6 is 11.3 Å². The molecule has 1 heterocycles. The Kier molecular flexibility index (Phi) is 4.83. The highest BCUT2D eigenvalue weighted by atomic mass is 32.1. The van der Waals surface area contributed by atoms with E-state index in [1.807, 2.05) is 13.0 Å². The van der Waals surface area contributed by atoms with Crippen LogP contribution < -0.4 is 5.32 Å². The number of hydrogen-bond acceptors (Lipinski definition) is 2. The maximum Gasteiger partial charge on any atom is 0.167 e. The van der Waals surface area contributed by atoms with Crippen molar-refractivity contribution in [1.29, 1.82) is 0 Å². The van der Waals surface area contributed by atoms with Crippen molar-refractivity contribution < 1.29 is 13.2 Å². The minimum absolute atomic E-state index is 0.0264. The van der Waals surface area contributed by atoms with Crippen LogP contribution in [0.15, 0.2) is 24.3 Å². The van der Waals surface area contributed by atoms with Crippen LogP contribution in [0.25, 0.3) is 10.4 Å². The van der Waals surface area contributed by atoms with Gasteiger partial charge in [0.25, 0.3) is 0 Å². The number of thiophene rings is 1. The summed E-state index contributed by atoms with van der Waals surface area (Å²) in [7, 11) is 0. The molecule has 1 atom stereocenters. The van der Waals surface area contributed by atoms with E-state index in [0.29, 0.717) is 10.9 Å². The summed E-state index contributed by atoms with van der Waals surface area (Å²) in [5, 5.41) is 3.32. The molecule has 20 heavy (non-hydrogen) atoms. The van der Waals surface area contributed by atoms with Gasteiger partial charge in [-0.15, -0.1) is 11.3 Å². The zero-order chi connectivity index (χ0) is 14.7. The lowest BCUT2D eigenvalue weighted by molar-refractivity contribution is 0.498. The standard InChI is InChI=1S/C15H16F3NS/c1-3-6-19-9(2)13-4-5-14(20-13)11-7-10(16)8-12(17)15(11)18/h4-5,7-9,19H,3,6H2,1-2H3. The molecule has 0 radical (unpaired) electrons. The van der Waals surface area contributed by atoms with E-state index in [0.717, 1.165) is 23.9 Å². The maximum atomic E-state index is 13.7. The van der Waals surface area contributed by atoms with Gasteiger partial charge in [-0.3, -0.25) is 0 Å². The zero-order valence-corrected chi connectivity index (χ0v) is 12.2. The van der Waals surface area contributed by atoms with Crippen molar-refractivity contribution in [3.63, 3.8) is 0 Å². The van der Waals surface area contributed by atoms with Crippen molar-refractivity contribution in [2.45, 2.75) is 26.3 Å². The van der Waals surface area contributed by atoms with E-state index < -0.39 is 17.5 Å². The van der Waals surface area contributed by atoms with Crippen LogP contribution in [0.3, 0.4) is 0 Å². The molecule has 0 spiro atoms. The Morgan fingerprint density at radius 3 is 2.65 bits per heavy atom. The second-order valence-electron chi connectivity index (χ2n) is 4.63. The molecule has 0 saturated carbocycles. The van der Waals surface area contributed by atoms with Gasteiger partial charge in [0.1, 0.15) is 5.82 Å². The first kappa shape index (κ1) is 15.1. The minimum atomic E-state index is -1.16. The highest BCUT2D eigenvalue weighted by molar-refractivity contribution is 7.15. The fourth-order valence-corrected chi connectivity index (χ4v) is 2.97. The van der Waals surface area contributed by atoms with Gasteiger partial charge < -0.3 is 5.32 Å². The van der Waals surface area contributed by atoms with Gasteiger partial charge in [0.15, 0.2) is 11.6 Å². The summed E-state index contributed by atoms with van der Waals surface area (Å²) in [6, 6.07) is 5.27. The molecule has 5 heteroatoms. The number of halogens is 3. The Morgan fingerprint density at radius 1 is 1.20 bits per heavy atom. The van der Waals surface area contributed by atoms with E-state index in [-0.39, 0.29) is 11.6 Å². The van der Waals surface area contributed by atoms with Crippen molar-refractivity contribution in [3.05, 3.63) is 46.6 Å². The smallest absolute Gasteiger partial charge is 0.167 e. The van der Waals surface area contributed by atoms with E-state index in [1.165, 1.54) is 11.3 Å². The van der Waals surface area contributed by atoms with E-state index in [9.17, 15) is 13.2 Å². The topological polar surface area (TPSA) is 12.0 Å². The lowest BCUT2D eigenvalue weighted by atomic mass is 10.1. The molecule has 0 fully saturated rings. The number of hydrogen-bond donors (Lipinski definition) is 1.